The van der Waals surface area contributed by atoms with Gasteiger partial charge in [0, 0.05) is 31.7 Å². The number of piperazine rings is 1. The van der Waals surface area contributed by atoms with E-state index in [-0.39, 0.29) is 24.5 Å². The van der Waals surface area contributed by atoms with E-state index >= 15 is 0 Å². The highest BCUT2D eigenvalue weighted by molar-refractivity contribution is 5.96. The number of carbonyl (C=O) groups is 2. The van der Waals surface area contributed by atoms with Crippen molar-refractivity contribution in [2.45, 2.75) is 26.2 Å². The van der Waals surface area contributed by atoms with Gasteiger partial charge in [0.2, 0.25) is 0 Å². The lowest BCUT2D eigenvalue weighted by molar-refractivity contribution is -0.00204. The molecule has 0 bridgehead atoms. The van der Waals surface area contributed by atoms with Crippen molar-refractivity contribution in [2.75, 3.05) is 33.3 Å². The average Bonchev–Trinajstić information content (AvgIpc) is 3.31. The van der Waals surface area contributed by atoms with Crippen LogP contribution < -0.4 is 4.74 Å². The number of rotatable bonds is 4. The lowest BCUT2D eigenvalue weighted by Gasteiger charge is -2.35. The van der Waals surface area contributed by atoms with Crippen LogP contribution in [0.3, 0.4) is 0 Å². The van der Waals surface area contributed by atoms with Crippen LogP contribution in [0.25, 0.3) is 0 Å². The average molecular weight is 462 g/mol. The molecule has 1 aromatic heterocycles. The molecule has 2 aliphatic rings. The summed E-state index contributed by atoms with van der Waals surface area (Å²) in [5, 5.41) is 8.41. The molecule has 3 heterocycles. The highest BCUT2D eigenvalue weighted by Crippen LogP contribution is 2.28. The van der Waals surface area contributed by atoms with E-state index in [0.717, 1.165) is 16.9 Å². The highest BCUT2D eigenvalue weighted by Gasteiger charge is 2.32. The van der Waals surface area contributed by atoms with E-state index in [4.69, 9.17) is 9.47 Å². The molecular formula is C25H27N5O4. The Morgan fingerprint density at radius 2 is 1.65 bits per heavy atom. The van der Waals surface area contributed by atoms with Crippen molar-refractivity contribution < 1.29 is 19.1 Å². The lowest BCUT2D eigenvalue weighted by atomic mass is 10.1. The van der Waals surface area contributed by atoms with Gasteiger partial charge in [-0.2, -0.15) is 0 Å². The van der Waals surface area contributed by atoms with Gasteiger partial charge in [-0.3, -0.25) is 9.59 Å². The van der Waals surface area contributed by atoms with Crippen LogP contribution in [0.4, 0.5) is 0 Å². The van der Waals surface area contributed by atoms with Gasteiger partial charge in [0.15, 0.2) is 5.69 Å². The first kappa shape index (κ1) is 22.1. The number of hydrogen-bond donors (Lipinski definition) is 0. The Kier molecular flexibility index (Phi) is 6.02. The Morgan fingerprint density at radius 1 is 0.971 bits per heavy atom. The molecule has 0 radical (unpaired) electrons. The van der Waals surface area contributed by atoms with E-state index in [1.165, 1.54) is 0 Å². The van der Waals surface area contributed by atoms with Crippen molar-refractivity contribution in [1.82, 2.24) is 24.8 Å². The molecule has 0 N–H and O–H groups in total. The van der Waals surface area contributed by atoms with E-state index in [2.05, 4.69) is 10.3 Å². The van der Waals surface area contributed by atoms with Crippen LogP contribution in [-0.4, -0.2) is 69.9 Å². The zero-order chi connectivity index (χ0) is 23.7. The van der Waals surface area contributed by atoms with E-state index in [1.54, 1.807) is 21.6 Å². The van der Waals surface area contributed by atoms with Crippen molar-refractivity contribution in [3.8, 4) is 5.75 Å². The van der Waals surface area contributed by atoms with E-state index < -0.39 is 0 Å². The fraction of sp³-hybridized carbons (Fsp3) is 0.360. The molecule has 2 aliphatic heterocycles. The number of hydrogen-bond acceptors (Lipinski definition) is 6. The maximum absolute atomic E-state index is 13.2. The number of methoxy groups -OCH3 is 1. The van der Waals surface area contributed by atoms with E-state index in [1.807, 2.05) is 55.5 Å². The van der Waals surface area contributed by atoms with Crippen LogP contribution >= 0.6 is 0 Å². The molecule has 2 amide bonds. The summed E-state index contributed by atoms with van der Waals surface area (Å²) in [4.78, 5) is 29.6. The lowest BCUT2D eigenvalue weighted by Crippen LogP contribution is -2.51. The number of fused-ring (bicyclic) bond motifs is 1. The quantitative estimate of drug-likeness (QED) is 0.593. The third-order valence-corrected chi connectivity index (χ3v) is 6.52. The second-order valence-corrected chi connectivity index (χ2v) is 8.54. The van der Waals surface area contributed by atoms with Gasteiger partial charge < -0.3 is 19.3 Å². The third kappa shape index (κ3) is 4.14. The van der Waals surface area contributed by atoms with Crippen LogP contribution in [0.5, 0.6) is 5.75 Å². The minimum absolute atomic E-state index is 0.00390. The van der Waals surface area contributed by atoms with Gasteiger partial charge in [0.25, 0.3) is 11.8 Å². The highest BCUT2D eigenvalue weighted by atomic mass is 16.5. The smallest absolute Gasteiger partial charge is 0.276 e. The molecule has 2 aromatic carbocycles. The monoisotopic (exact) mass is 461 g/mol. The molecule has 34 heavy (non-hydrogen) atoms. The largest absolute Gasteiger partial charge is 0.497 e. The molecule has 1 atom stereocenters. The third-order valence-electron chi connectivity index (χ3n) is 6.52. The second-order valence-electron chi connectivity index (χ2n) is 8.54. The summed E-state index contributed by atoms with van der Waals surface area (Å²) in [5.74, 6) is 0.620. The topological polar surface area (TPSA) is 89.8 Å². The van der Waals surface area contributed by atoms with Gasteiger partial charge in [-0.05, 0) is 36.2 Å². The zero-order valence-electron chi connectivity index (χ0n) is 19.3. The normalized spacial score (nSPS) is 17.9. The molecule has 0 aliphatic carbocycles. The summed E-state index contributed by atoms with van der Waals surface area (Å²) >= 11 is 0. The summed E-state index contributed by atoms with van der Waals surface area (Å²) < 4.78 is 13.0. The van der Waals surface area contributed by atoms with Gasteiger partial charge >= 0.3 is 0 Å². The summed E-state index contributed by atoms with van der Waals surface area (Å²) in [6.45, 7) is 4.56. The minimum atomic E-state index is -0.171. The first-order chi connectivity index (χ1) is 16.5. The summed E-state index contributed by atoms with van der Waals surface area (Å²) in [6, 6.07) is 15.3. The fourth-order valence-electron chi connectivity index (χ4n) is 4.44. The molecule has 9 nitrogen and oxygen atoms in total. The van der Waals surface area contributed by atoms with Crippen LogP contribution in [0.15, 0.2) is 48.5 Å². The fourth-order valence-corrected chi connectivity index (χ4v) is 4.44. The van der Waals surface area contributed by atoms with E-state index in [9.17, 15) is 9.59 Å². The molecule has 0 unspecified atom stereocenters. The minimum Gasteiger partial charge on any atom is -0.497 e. The Morgan fingerprint density at radius 3 is 2.32 bits per heavy atom. The molecule has 176 valence electrons. The maximum Gasteiger partial charge on any atom is 0.276 e. The molecule has 3 aromatic rings. The van der Waals surface area contributed by atoms with Crippen LogP contribution in [0.2, 0.25) is 0 Å². The first-order valence-corrected chi connectivity index (χ1v) is 11.4. The van der Waals surface area contributed by atoms with Crippen LogP contribution in [0, 0.1) is 6.92 Å². The van der Waals surface area contributed by atoms with E-state index in [0.29, 0.717) is 49.7 Å². The number of carbonyl (C=O) groups excluding carboxylic acids is 2. The molecule has 9 heteroatoms. The Labute approximate surface area is 197 Å². The van der Waals surface area contributed by atoms with Crippen LogP contribution in [-0.2, 0) is 17.9 Å². The second kappa shape index (κ2) is 9.26. The standard InChI is InChI=1S/C25H27N5O4/c1-17-5-3-4-6-20(17)24(31)28-11-13-29(14-12-28)25(32)23-21-16-34-22(15-30(21)27-26-23)18-7-9-19(33-2)10-8-18/h3-10,22H,11-16H2,1-2H3/t22-/m1/s1. The number of benzene rings is 2. The van der Waals surface area contributed by atoms with Gasteiger partial charge in [-0.1, -0.05) is 35.5 Å². The summed E-state index contributed by atoms with van der Waals surface area (Å²) in [7, 11) is 1.63. The Hall–Kier alpha value is -3.72. The van der Waals surface area contributed by atoms with Crippen molar-refractivity contribution in [3.05, 3.63) is 76.6 Å². The van der Waals surface area contributed by atoms with Crippen molar-refractivity contribution >= 4 is 11.8 Å². The zero-order valence-corrected chi connectivity index (χ0v) is 19.3. The molecule has 0 saturated carbocycles. The van der Waals surface area contributed by atoms with Gasteiger partial charge in [0.05, 0.1) is 26.0 Å². The van der Waals surface area contributed by atoms with Gasteiger partial charge in [-0.25, -0.2) is 4.68 Å². The Bertz CT molecular complexity index is 1200. The van der Waals surface area contributed by atoms with Crippen LogP contribution in [0.1, 0.15) is 43.8 Å². The maximum atomic E-state index is 13.2. The molecular weight excluding hydrogens is 434 g/mol. The number of nitrogens with zero attached hydrogens (tertiary/aromatic N) is 5. The van der Waals surface area contributed by atoms with Gasteiger partial charge in [0.1, 0.15) is 11.9 Å². The van der Waals surface area contributed by atoms with Crippen molar-refractivity contribution in [3.63, 3.8) is 0 Å². The number of amides is 2. The predicted molar refractivity (Wildman–Crippen MR) is 124 cm³/mol. The molecule has 1 saturated heterocycles. The SMILES string of the molecule is COc1ccc([C@H]2Cn3nnc(C(=O)N4CCN(C(=O)c5ccccc5C)CC4)c3CO2)cc1. The van der Waals surface area contributed by atoms with Crippen molar-refractivity contribution in [2.24, 2.45) is 0 Å². The first-order valence-electron chi connectivity index (χ1n) is 11.4. The molecule has 1 fully saturated rings. The molecule has 0 spiro atoms. The molecule has 5 rings (SSSR count). The summed E-state index contributed by atoms with van der Waals surface area (Å²) in [6.07, 6.45) is -0.168. The number of aromatic nitrogens is 3. The number of ether oxygens (including phenoxy) is 2. The van der Waals surface area contributed by atoms with Gasteiger partial charge in [-0.15, -0.1) is 5.10 Å². The summed E-state index contributed by atoms with van der Waals surface area (Å²) in [5.41, 5.74) is 3.69. The Balaban J connectivity index is 1.23. The van der Waals surface area contributed by atoms with Crippen molar-refractivity contribution in [1.29, 1.82) is 0 Å². The predicted octanol–water partition coefficient (Wildman–Crippen LogP) is 2.46. The number of aryl methyl sites for hydroxylation is 1.